The van der Waals surface area contributed by atoms with Gasteiger partial charge in [0, 0.05) is 17.1 Å². The molecule has 0 saturated carbocycles. The van der Waals surface area contributed by atoms with Gasteiger partial charge in [-0.25, -0.2) is 4.39 Å². The third kappa shape index (κ3) is 1.93. The first-order chi connectivity index (χ1) is 7.95. The van der Waals surface area contributed by atoms with Crippen molar-refractivity contribution in [2.24, 2.45) is 0 Å². The zero-order valence-electron chi connectivity index (χ0n) is 10.1. The van der Waals surface area contributed by atoms with Crippen molar-refractivity contribution in [3.8, 4) is 0 Å². The Labute approximate surface area is 99.5 Å². The van der Waals surface area contributed by atoms with E-state index < -0.39 is 0 Å². The topological polar surface area (TPSA) is 30.0 Å². The average molecular weight is 231 g/mol. The number of hydrogen-bond donors (Lipinski definition) is 0. The van der Waals surface area contributed by atoms with Crippen molar-refractivity contribution in [1.29, 1.82) is 0 Å². The van der Waals surface area contributed by atoms with Gasteiger partial charge >= 0.3 is 0 Å². The van der Waals surface area contributed by atoms with Crippen LogP contribution >= 0.6 is 0 Å². The molecule has 2 aromatic rings. The maximum absolute atomic E-state index is 13.6. The monoisotopic (exact) mass is 231 g/mol. The fourth-order valence-corrected chi connectivity index (χ4v) is 2.13. The number of nitrogens with zero attached hydrogens (tertiary/aromatic N) is 1. The second-order valence-corrected chi connectivity index (χ2v) is 5.09. The molecule has 1 aromatic carbocycles. The van der Waals surface area contributed by atoms with Gasteiger partial charge in [0.05, 0.1) is 0 Å². The zero-order valence-corrected chi connectivity index (χ0v) is 10.1. The van der Waals surface area contributed by atoms with E-state index in [2.05, 4.69) is 4.98 Å². The van der Waals surface area contributed by atoms with E-state index >= 15 is 0 Å². The van der Waals surface area contributed by atoms with Gasteiger partial charge in [-0.3, -0.25) is 9.78 Å². The molecule has 0 spiro atoms. The van der Waals surface area contributed by atoms with Crippen molar-refractivity contribution in [2.75, 3.05) is 0 Å². The summed E-state index contributed by atoms with van der Waals surface area (Å²) < 4.78 is 13.6. The highest BCUT2D eigenvalue weighted by molar-refractivity contribution is 5.91. The Kier molecular flexibility index (Phi) is 2.69. The van der Waals surface area contributed by atoms with E-state index in [1.807, 2.05) is 20.8 Å². The van der Waals surface area contributed by atoms with Gasteiger partial charge in [0.25, 0.3) is 0 Å². The van der Waals surface area contributed by atoms with Crippen molar-refractivity contribution in [1.82, 2.24) is 4.98 Å². The second-order valence-electron chi connectivity index (χ2n) is 5.09. The number of para-hydroxylation sites is 1. The number of aromatic nitrogens is 1. The van der Waals surface area contributed by atoms with Crippen LogP contribution in [0.2, 0.25) is 0 Å². The number of halogens is 1. The summed E-state index contributed by atoms with van der Waals surface area (Å²) >= 11 is 0. The lowest BCUT2D eigenvalue weighted by molar-refractivity contribution is 0.112. The molecule has 0 aliphatic carbocycles. The fourth-order valence-electron chi connectivity index (χ4n) is 2.13. The molecule has 0 aliphatic rings. The highest BCUT2D eigenvalue weighted by Gasteiger charge is 2.22. The van der Waals surface area contributed by atoms with Crippen LogP contribution in [0.5, 0.6) is 0 Å². The van der Waals surface area contributed by atoms with Crippen LogP contribution in [0.15, 0.2) is 24.4 Å². The van der Waals surface area contributed by atoms with Crippen molar-refractivity contribution < 1.29 is 9.18 Å². The molecule has 1 aromatic heterocycles. The molecule has 0 atom stereocenters. The minimum atomic E-state index is -0.356. The molecular weight excluding hydrogens is 217 g/mol. The van der Waals surface area contributed by atoms with E-state index in [1.54, 1.807) is 12.1 Å². The Bertz CT molecular complexity index is 585. The summed E-state index contributed by atoms with van der Waals surface area (Å²) in [6, 6.07) is 4.82. The maximum Gasteiger partial charge on any atom is 0.151 e. The molecule has 0 aliphatic heterocycles. The SMILES string of the molecule is CC(C)(C)c1c(C=O)cnc2c(F)cccc12. The Morgan fingerprint density at radius 2 is 2.00 bits per heavy atom. The van der Waals surface area contributed by atoms with E-state index in [-0.39, 0.29) is 11.2 Å². The van der Waals surface area contributed by atoms with Gasteiger partial charge in [0.2, 0.25) is 0 Å². The molecule has 0 amide bonds. The molecule has 0 unspecified atom stereocenters. The first kappa shape index (κ1) is 11.7. The zero-order chi connectivity index (χ0) is 12.6. The summed E-state index contributed by atoms with van der Waals surface area (Å²) in [5, 5.41) is 0.710. The highest BCUT2D eigenvalue weighted by Crippen LogP contribution is 2.32. The first-order valence-corrected chi connectivity index (χ1v) is 5.48. The number of hydrogen-bond acceptors (Lipinski definition) is 2. The number of benzene rings is 1. The lowest BCUT2D eigenvalue weighted by Gasteiger charge is -2.23. The van der Waals surface area contributed by atoms with E-state index in [0.29, 0.717) is 16.5 Å². The van der Waals surface area contributed by atoms with Gasteiger partial charge in [-0.15, -0.1) is 0 Å². The Hall–Kier alpha value is -1.77. The third-order valence-electron chi connectivity index (χ3n) is 2.75. The molecule has 17 heavy (non-hydrogen) atoms. The maximum atomic E-state index is 13.6. The summed E-state index contributed by atoms with van der Waals surface area (Å²) in [5.41, 5.74) is 1.46. The van der Waals surface area contributed by atoms with Gasteiger partial charge < -0.3 is 0 Å². The molecule has 2 rings (SSSR count). The van der Waals surface area contributed by atoms with Gasteiger partial charge in [-0.05, 0) is 17.0 Å². The number of fused-ring (bicyclic) bond motifs is 1. The second kappa shape index (κ2) is 3.91. The number of aldehydes is 1. The first-order valence-electron chi connectivity index (χ1n) is 5.48. The Morgan fingerprint density at radius 3 is 2.59 bits per heavy atom. The molecule has 88 valence electrons. The van der Waals surface area contributed by atoms with Crippen molar-refractivity contribution in [3.63, 3.8) is 0 Å². The smallest absolute Gasteiger partial charge is 0.151 e. The van der Waals surface area contributed by atoms with Crippen LogP contribution < -0.4 is 0 Å². The Morgan fingerprint density at radius 1 is 1.29 bits per heavy atom. The van der Waals surface area contributed by atoms with Crippen LogP contribution in [0.3, 0.4) is 0 Å². The molecule has 2 nitrogen and oxygen atoms in total. The number of carbonyl (C=O) groups is 1. The minimum Gasteiger partial charge on any atom is -0.298 e. The molecule has 0 radical (unpaired) electrons. The standard InChI is InChI=1S/C14H14FNO/c1-14(2,3)12-9(8-17)7-16-13-10(12)5-4-6-11(13)15/h4-8H,1-3H3. The van der Waals surface area contributed by atoms with Crippen LogP contribution in [0, 0.1) is 5.82 Å². The Balaban J connectivity index is 2.94. The molecule has 1 heterocycles. The summed E-state index contributed by atoms with van der Waals surface area (Å²) in [6.07, 6.45) is 2.22. The number of rotatable bonds is 1. The van der Waals surface area contributed by atoms with Gasteiger partial charge in [0.1, 0.15) is 11.3 Å². The molecule has 0 fully saturated rings. The lowest BCUT2D eigenvalue weighted by atomic mass is 9.82. The minimum absolute atomic E-state index is 0.231. The third-order valence-corrected chi connectivity index (χ3v) is 2.75. The van der Waals surface area contributed by atoms with Crippen LogP contribution in [0.1, 0.15) is 36.7 Å². The summed E-state index contributed by atoms with van der Waals surface area (Å²) in [4.78, 5) is 15.1. The summed E-state index contributed by atoms with van der Waals surface area (Å²) in [6.45, 7) is 6.00. The summed E-state index contributed by atoms with van der Waals surface area (Å²) in [7, 11) is 0. The lowest BCUT2D eigenvalue weighted by Crippen LogP contribution is -2.15. The molecular formula is C14H14FNO. The summed E-state index contributed by atoms with van der Waals surface area (Å²) in [5.74, 6) is -0.356. The van der Waals surface area contributed by atoms with Crippen molar-refractivity contribution in [3.05, 3.63) is 41.3 Å². The predicted octanol–water partition coefficient (Wildman–Crippen LogP) is 3.48. The van der Waals surface area contributed by atoms with Crippen LogP contribution in [0.4, 0.5) is 4.39 Å². The predicted molar refractivity (Wildman–Crippen MR) is 65.8 cm³/mol. The number of carbonyl (C=O) groups excluding carboxylic acids is 1. The van der Waals surface area contributed by atoms with E-state index in [1.165, 1.54) is 12.3 Å². The van der Waals surface area contributed by atoms with Gasteiger partial charge in [-0.2, -0.15) is 0 Å². The number of pyridine rings is 1. The fraction of sp³-hybridized carbons (Fsp3) is 0.286. The van der Waals surface area contributed by atoms with Crippen LogP contribution in [0.25, 0.3) is 10.9 Å². The normalized spacial score (nSPS) is 11.8. The highest BCUT2D eigenvalue weighted by atomic mass is 19.1. The van der Waals surface area contributed by atoms with E-state index in [0.717, 1.165) is 11.8 Å². The van der Waals surface area contributed by atoms with Gasteiger partial charge in [0.15, 0.2) is 6.29 Å². The average Bonchev–Trinajstić information content (AvgIpc) is 2.26. The van der Waals surface area contributed by atoms with Crippen molar-refractivity contribution in [2.45, 2.75) is 26.2 Å². The molecule has 0 bridgehead atoms. The van der Waals surface area contributed by atoms with Crippen molar-refractivity contribution >= 4 is 17.2 Å². The van der Waals surface area contributed by atoms with Crippen LogP contribution in [-0.2, 0) is 5.41 Å². The van der Waals surface area contributed by atoms with E-state index in [9.17, 15) is 9.18 Å². The van der Waals surface area contributed by atoms with Gasteiger partial charge in [-0.1, -0.05) is 32.9 Å². The molecule has 0 N–H and O–H groups in total. The van der Waals surface area contributed by atoms with E-state index in [4.69, 9.17) is 0 Å². The van der Waals surface area contributed by atoms with Crippen LogP contribution in [-0.4, -0.2) is 11.3 Å². The quantitative estimate of drug-likeness (QED) is 0.703. The molecule has 0 saturated heterocycles. The largest absolute Gasteiger partial charge is 0.298 e. The molecule has 3 heteroatoms.